The Morgan fingerprint density at radius 1 is 1.22 bits per heavy atom. The van der Waals surface area contributed by atoms with Gasteiger partial charge in [0.15, 0.2) is 5.82 Å². The maximum atomic E-state index is 13.9. The summed E-state index contributed by atoms with van der Waals surface area (Å²) in [4.78, 5) is 37.6. The molecule has 1 aromatic heterocycles. The minimum Gasteiger partial charge on any atom is -0.462 e. The number of carbonyl (C=O) groups excluding carboxylic acids is 3. The minimum absolute atomic E-state index is 0.0644. The zero-order valence-corrected chi connectivity index (χ0v) is 18.1. The van der Waals surface area contributed by atoms with E-state index in [9.17, 15) is 18.8 Å². The Morgan fingerprint density at radius 3 is 2.53 bits per heavy atom. The fourth-order valence-corrected chi connectivity index (χ4v) is 3.88. The van der Waals surface area contributed by atoms with Crippen molar-refractivity contribution in [2.75, 3.05) is 13.7 Å². The Balaban J connectivity index is 1.86. The van der Waals surface area contributed by atoms with Gasteiger partial charge < -0.3 is 4.74 Å². The number of aromatic nitrogens is 3. The summed E-state index contributed by atoms with van der Waals surface area (Å²) in [5.41, 5.74) is 1.35. The molecule has 2 aromatic carbocycles. The van der Waals surface area contributed by atoms with Crippen molar-refractivity contribution in [2.45, 2.75) is 19.4 Å². The van der Waals surface area contributed by atoms with Gasteiger partial charge in [0.1, 0.15) is 11.9 Å². The molecular formula is C22H19FN4O4S. The van der Waals surface area contributed by atoms with Gasteiger partial charge in [-0.25, -0.2) is 13.9 Å². The number of carbonyl (C=O) groups is 3. The van der Waals surface area contributed by atoms with Crippen molar-refractivity contribution in [3.8, 4) is 17.1 Å². The molecule has 2 heterocycles. The number of amides is 2. The number of ether oxygens (including phenoxy) is 1. The van der Waals surface area contributed by atoms with Crippen LogP contribution in [-0.4, -0.2) is 50.7 Å². The molecular weight excluding hydrogens is 435 g/mol. The summed E-state index contributed by atoms with van der Waals surface area (Å²) in [5, 5.41) is 4.50. The fourth-order valence-electron chi connectivity index (χ4n) is 3.52. The van der Waals surface area contributed by atoms with Gasteiger partial charge in [0.25, 0.3) is 5.91 Å². The first kappa shape index (κ1) is 21.6. The predicted molar refractivity (Wildman–Crippen MR) is 115 cm³/mol. The van der Waals surface area contributed by atoms with Crippen molar-refractivity contribution in [3.05, 3.63) is 64.7 Å². The first-order valence-corrected chi connectivity index (χ1v) is 10.3. The number of hydrogen-bond acceptors (Lipinski definition) is 6. The maximum Gasteiger partial charge on any atom is 0.338 e. The summed E-state index contributed by atoms with van der Waals surface area (Å²) < 4.78 is 22.0. The van der Waals surface area contributed by atoms with Gasteiger partial charge in [-0.05, 0) is 55.5 Å². The lowest BCUT2D eigenvalue weighted by Gasteiger charge is -2.09. The molecule has 0 spiro atoms. The molecule has 1 aliphatic heterocycles. The van der Waals surface area contributed by atoms with E-state index in [1.807, 2.05) is 0 Å². The summed E-state index contributed by atoms with van der Waals surface area (Å²) in [6.07, 6.45) is -0.0644. The summed E-state index contributed by atoms with van der Waals surface area (Å²) in [6.45, 7) is 1.97. The second-order valence-electron chi connectivity index (χ2n) is 7.17. The second-order valence-corrected chi connectivity index (χ2v) is 7.54. The van der Waals surface area contributed by atoms with Crippen molar-refractivity contribution in [1.82, 2.24) is 19.2 Å². The lowest BCUT2D eigenvalue weighted by molar-refractivity contribution is -0.137. The fraction of sp³-hybridized carbons (Fsp3) is 0.227. The van der Waals surface area contributed by atoms with Gasteiger partial charge >= 0.3 is 5.97 Å². The third-order valence-electron chi connectivity index (χ3n) is 5.17. The minimum atomic E-state index is -0.882. The van der Waals surface area contributed by atoms with Crippen molar-refractivity contribution < 1.29 is 23.5 Å². The average Bonchev–Trinajstić information content (AvgIpc) is 3.25. The Morgan fingerprint density at radius 2 is 1.94 bits per heavy atom. The number of hydrogen-bond donors (Lipinski definition) is 0. The van der Waals surface area contributed by atoms with Crippen LogP contribution >= 0.6 is 12.2 Å². The molecule has 1 aliphatic rings. The lowest BCUT2D eigenvalue weighted by atomic mass is 10.2. The predicted octanol–water partition coefficient (Wildman–Crippen LogP) is 3.32. The van der Waals surface area contributed by atoms with E-state index in [0.717, 1.165) is 4.90 Å². The molecule has 1 saturated heterocycles. The van der Waals surface area contributed by atoms with E-state index in [0.29, 0.717) is 22.6 Å². The van der Waals surface area contributed by atoms with Crippen molar-refractivity contribution in [2.24, 2.45) is 0 Å². The molecule has 0 saturated carbocycles. The molecule has 8 nitrogen and oxygen atoms in total. The van der Waals surface area contributed by atoms with Crippen LogP contribution in [0.5, 0.6) is 0 Å². The van der Waals surface area contributed by atoms with Gasteiger partial charge in [-0.2, -0.15) is 5.10 Å². The third kappa shape index (κ3) is 3.73. The molecule has 32 heavy (non-hydrogen) atoms. The second kappa shape index (κ2) is 8.46. The monoisotopic (exact) mass is 454 g/mol. The van der Waals surface area contributed by atoms with E-state index >= 15 is 0 Å². The Hall–Kier alpha value is -3.66. The standard InChI is InChI=1S/C22H19FN4O4S/c1-3-31-21(30)13-7-9-16(10-8-13)26-19(14-5-4-6-15(23)11-14)24-27(22(26)32)17-12-18(28)25(2)20(17)29/h4-11,17H,3,12H2,1-2H3/t17-/m1/s1. The Kier molecular flexibility index (Phi) is 5.70. The van der Waals surface area contributed by atoms with Crippen LogP contribution in [0.4, 0.5) is 4.39 Å². The highest BCUT2D eigenvalue weighted by Gasteiger charge is 2.39. The van der Waals surface area contributed by atoms with Crippen LogP contribution in [0.25, 0.3) is 17.1 Å². The van der Waals surface area contributed by atoms with E-state index in [2.05, 4.69) is 5.10 Å². The normalized spacial score (nSPS) is 16.0. The molecule has 10 heteroatoms. The van der Waals surface area contributed by atoms with Crippen molar-refractivity contribution in [1.29, 1.82) is 0 Å². The SMILES string of the molecule is CCOC(=O)c1ccc(-n2c(-c3cccc(F)c3)nn([C@@H]3CC(=O)N(C)C3=O)c2=S)cc1. The van der Waals surface area contributed by atoms with Gasteiger partial charge in [-0.3, -0.25) is 19.1 Å². The summed E-state index contributed by atoms with van der Waals surface area (Å²) in [7, 11) is 1.41. The quantitative estimate of drug-likeness (QED) is 0.334. The number of esters is 1. The van der Waals surface area contributed by atoms with E-state index < -0.39 is 23.7 Å². The number of likely N-dealkylation sites (N-methyl/N-ethyl adjacent to an activating group) is 1. The summed E-state index contributed by atoms with van der Waals surface area (Å²) in [6, 6.07) is 11.4. The average molecular weight is 454 g/mol. The Bertz CT molecular complexity index is 1280. The largest absolute Gasteiger partial charge is 0.462 e. The first-order chi connectivity index (χ1) is 15.3. The van der Waals surface area contributed by atoms with Crippen molar-refractivity contribution in [3.63, 3.8) is 0 Å². The lowest BCUT2D eigenvalue weighted by Crippen LogP contribution is -2.27. The smallest absolute Gasteiger partial charge is 0.338 e. The topological polar surface area (TPSA) is 86.4 Å². The molecule has 0 aliphatic carbocycles. The maximum absolute atomic E-state index is 13.9. The van der Waals surface area contributed by atoms with Crippen molar-refractivity contribution >= 4 is 30.0 Å². The highest BCUT2D eigenvalue weighted by molar-refractivity contribution is 7.71. The van der Waals surface area contributed by atoms with Crippen LogP contribution in [0.1, 0.15) is 29.7 Å². The summed E-state index contributed by atoms with van der Waals surface area (Å²) >= 11 is 5.62. The number of imide groups is 1. The van der Waals surface area contributed by atoms with Gasteiger partial charge in [-0.15, -0.1) is 0 Å². The van der Waals surface area contributed by atoms with E-state index in [4.69, 9.17) is 17.0 Å². The third-order valence-corrected chi connectivity index (χ3v) is 5.54. The molecule has 0 bridgehead atoms. The number of likely N-dealkylation sites (tertiary alicyclic amines) is 1. The molecule has 0 N–H and O–H groups in total. The number of nitrogens with zero attached hydrogens (tertiary/aromatic N) is 4. The molecule has 4 rings (SSSR count). The zero-order chi connectivity index (χ0) is 23.0. The van der Waals surface area contributed by atoms with E-state index in [1.54, 1.807) is 47.9 Å². The molecule has 2 amide bonds. The molecule has 0 unspecified atom stereocenters. The number of benzene rings is 2. The van der Waals surface area contributed by atoms with Crippen LogP contribution < -0.4 is 0 Å². The van der Waals surface area contributed by atoms with Crippen LogP contribution in [0, 0.1) is 10.6 Å². The molecule has 1 fully saturated rings. The van der Waals surface area contributed by atoms with Crippen LogP contribution in [0.2, 0.25) is 0 Å². The molecule has 3 aromatic rings. The van der Waals surface area contributed by atoms with Gasteiger partial charge in [0, 0.05) is 12.6 Å². The van der Waals surface area contributed by atoms with Crippen LogP contribution in [0.3, 0.4) is 0 Å². The Labute approximate surface area is 187 Å². The van der Waals surface area contributed by atoms with Crippen LogP contribution in [-0.2, 0) is 14.3 Å². The van der Waals surface area contributed by atoms with Gasteiger partial charge in [-0.1, -0.05) is 12.1 Å². The molecule has 164 valence electrons. The number of rotatable bonds is 5. The number of halogens is 1. The molecule has 0 radical (unpaired) electrons. The van der Waals surface area contributed by atoms with E-state index in [1.165, 1.54) is 23.9 Å². The zero-order valence-electron chi connectivity index (χ0n) is 17.3. The highest BCUT2D eigenvalue weighted by atomic mass is 32.1. The van der Waals surface area contributed by atoms with Gasteiger partial charge in [0.05, 0.1) is 24.3 Å². The molecule has 1 atom stereocenters. The summed E-state index contributed by atoms with van der Waals surface area (Å²) in [5.74, 6) is -1.37. The highest BCUT2D eigenvalue weighted by Crippen LogP contribution is 2.29. The van der Waals surface area contributed by atoms with E-state index in [-0.39, 0.29) is 23.7 Å². The van der Waals surface area contributed by atoms with Crippen LogP contribution in [0.15, 0.2) is 48.5 Å². The van der Waals surface area contributed by atoms with Gasteiger partial charge in [0.2, 0.25) is 10.7 Å². The first-order valence-electron chi connectivity index (χ1n) is 9.87.